The van der Waals surface area contributed by atoms with Crippen LogP contribution in [-0.4, -0.2) is 18.4 Å². The van der Waals surface area contributed by atoms with E-state index >= 15 is 0 Å². The molecule has 0 N–H and O–H groups in total. The van der Waals surface area contributed by atoms with E-state index in [0.29, 0.717) is 18.9 Å². The molecule has 0 amide bonds. The lowest BCUT2D eigenvalue weighted by atomic mass is 9.54. The van der Waals surface area contributed by atoms with E-state index < -0.39 is 5.41 Å². The molecule has 0 aromatic heterocycles. The molecule has 1 aliphatic carbocycles. The van der Waals surface area contributed by atoms with Crippen LogP contribution in [0.3, 0.4) is 0 Å². The van der Waals surface area contributed by atoms with Crippen molar-refractivity contribution in [1.82, 2.24) is 0 Å². The first kappa shape index (κ1) is 19.7. The third-order valence-electron chi connectivity index (χ3n) is 6.27. The smallest absolute Gasteiger partial charge is 0.320 e. The van der Waals surface area contributed by atoms with Crippen LogP contribution < -0.4 is 0 Å². The van der Waals surface area contributed by atoms with Gasteiger partial charge in [-0.25, -0.2) is 0 Å². The van der Waals surface area contributed by atoms with Crippen LogP contribution in [-0.2, 0) is 14.3 Å². The number of benzene rings is 1. The van der Waals surface area contributed by atoms with Gasteiger partial charge in [0.2, 0.25) is 0 Å². The fourth-order valence-electron chi connectivity index (χ4n) is 4.87. The second kappa shape index (κ2) is 7.31. The standard InChI is InChI=1S/C22H32O3/c1-8-25-21(24)22(18(7)23)10-9-14(3)17(6)20(22)19-15(4)11-13(2)12-16(19)5/h11-12,14,17,20H,8-10H2,1-7H3. The summed E-state index contributed by atoms with van der Waals surface area (Å²) in [6.07, 6.45) is 1.45. The van der Waals surface area contributed by atoms with Crippen molar-refractivity contribution >= 4 is 11.8 Å². The van der Waals surface area contributed by atoms with Gasteiger partial charge in [0, 0.05) is 5.92 Å². The van der Waals surface area contributed by atoms with E-state index in [4.69, 9.17) is 4.74 Å². The average Bonchev–Trinajstić information content (AvgIpc) is 2.50. The molecule has 2 rings (SSSR count). The van der Waals surface area contributed by atoms with E-state index in [-0.39, 0.29) is 23.6 Å². The Morgan fingerprint density at radius 2 is 1.72 bits per heavy atom. The summed E-state index contributed by atoms with van der Waals surface area (Å²) in [5, 5.41) is 0. The van der Waals surface area contributed by atoms with Crippen LogP contribution in [0.25, 0.3) is 0 Å². The zero-order chi connectivity index (χ0) is 18.9. The van der Waals surface area contributed by atoms with E-state index in [1.54, 1.807) is 13.8 Å². The van der Waals surface area contributed by atoms with Crippen LogP contribution in [0.1, 0.15) is 68.7 Å². The summed E-state index contributed by atoms with van der Waals surface area (Å²) in [6, 6.07) is 4.31. The van der Waals surface area contributed by atoms with E-state index in [9.17, 15) is 9.59 Å². The molecule has 1 saturated carbocycles. The second-order valence-corrected chi connectivity index (χ2v) is 7.91. The van der Waals surface area contributed by atoms with Crippen molar-refractivity contribution in [2.45, 2.75) is 67.2 Å². The highest BCUT2D eigenvalue weighted by molar-refractivity contribution is 6.04. The number of hydrogen-bond donors (Lipinski definition) is 0. The van der Waals surface area contributed by atoms with Crippen molar-refractivity contribution < 1.29 is 14.3 Å². The maximum Gasteiger partial charge on any atom is 0.320 e. The molecule has 0 aliphatic heterocycles. The lowest BCUT2D eigenvalue weighted by Gasteiger charge is -2.47. The summed E-state index contributed by atoms with van der Waals surface area (Å²) in [4.78, 5) is 25.9. The summed E-state index contributed by atoms with van der Waals surface area (Å²) in [6.45, 7) is 14.4. The number of hydrogen-bond acceptors (Lipinski definition) is 3. The number of Topliss-reactive ketones (excluding diaryl/α,β-unsaturated/α-hetero) is 1. The minimum atomic E-state index is -1.06. The Labute approximate surface area is 152 Å². The van der Waals surface area contributed by atoms with Gasteiger partial charge in [0.15, 0.2) is 0 Å². The lowest BCUT2D eigenvalue weighted by Crippen LogP contribution is -2.51. The third-order valence-corrected chi connectivity index (χ3v) is 6.27. The summed E-state index contributed by atoms with van der Waals surface area (Å²) >= 11 is 0. The Bertz CT molecular complexity index is 653. The van der Waals surface area contributed by atoms with E-state index in [1.807, 2.05) is 0 Å². The van der Waals surface area contributed by atoms with Crippen molar-refractivity contribution in [3.63, 3.8) is 0 Å². The van der Waals surface area contributed by atoms with Gasteiger partial charge in [0.1, 0.15) is 11.2 Å². The Morgan fingerprint density at radius 3 is 2.20 bits per heavy atom. The first-order valence-electron chi connectivity index (χ1n) is 9.42. The highest BCUT2D eigenvalue weighted by atomic mass is 16.5. The van der Waals surface area contributed by atoms with E-state index in [1.165, 1.54) is 16.7 Å². The SMILES string of the molecule is CCOC(=O)C1(C(C)=O)CCC(C)C(C)C1c1c(C)cc(C)cc1C. The van der Waals surface area contributed by atoms with Gasteiger partial charge in [-0.3, -0.25) is 9.59 Å². The molecule has 4 unspecified atom stereocenters. The molecule has 1 fully saturated rings. The van der Waals surface area contributed by atoms with Gasteiger partial charge in [-0.05, 0) is 76.0 Å². The molecule has 3 heteroatoms. The molecule has 1 aliphatic rings. The lowest BCUT2D eigenvalue weighted by molar-refractivity contribution is -0.166. The zero-order valence-electron chi connectivity index (χ0n) is 16.7. The number of esters is 1. The van der Waals surface area contributed by atoms with Crippen LogP contribution in [0, 0.1) is 38.0 Å². The summed E-state index contributed by atoms with van der Waals surface area (Å²) in [5.41, 5.74) is 3.64. The summed E-state index contributed by atoms with van der Waals surface area (Å²) in [7, 11) is 0. The molecular weight excluding hydrogens is 312 g/mol. The first-order valence-corrected chi connectivity index (χ1v) is 9.42. The molecule has 0 heterocycles. The summed E-state index contributed by atoms with van der Waals surface area (Å²) < 4.78 is 5.43. The van der Waals surface area contributed by atoms with Crippen molar-refractivity contribution in [2.75, 3.05) is 6.61 Å². The molecule has 0 saturated heterocycles. The minimum absolute atomic E-state index is 0.0610. The van der Waals surface area contributed by atoms with E-state index in [0.717, 1.165) is 12.0 Å². The van der Waals surface area contributed by atoms with Crippen molar-refractivity contribution in [3.05, 3.63) is 34.4 Å². The van der Waals surface area contributed by atoms with Crippen LogP contribution in [0.15, 0.2) is 12.1 Å². The highest BCUT2D eigenvalue weighted by Crippen LogP contribution is 2.55. The molecule has 138 valence electrons. The van der Waals surface area contributed by atoms with Gasteiger partial charge in [0.25, 0.3) is 0 Å². The third kappa shape index (κ3) is 3.26. The quantitative estimate of drug-likeness (QED) is 0.576. The Hall–Kier alpha value is -1.64. The van der Waals surface area contributed by atoms with Gasteiger partial charge in [-0.2, -0.15) is 0 Å². The predicted octanol–water partition coefficient (Wildman–Crippen LogP) is 4.90. The fraction of sp³-hybridized carbons (Fsp3) is 0.636. The van der Waals surface area contributed by atoms with Gasteiger partial charge in [-0.1, -0.05) is 31.5 Å². The monoisotopic (exact) mass is 344 g/mol. The topological polar surface area (TPSA) is 43.4 Å². The van der Waals surface area contributed by atoms with Gasteiger partial charge in [0.05, 0.1) is 6.61 Å². The number of carbonyl (C=O) groups excluding carboxylic acids is 2. The second-order valence-electron chi connectivity index (χ2n) is 7.91. The predicted molar refractivity (Wildman–Crippen MR) is 101 cm³/mol. The van der Waals surface area contributed by atoms with Crippen LogP contribution in [0.5, 0.6) is 0 Å². The number of ether oxygens (including phenoxy) is 1. The van der Waals surface area contributed by atoms with Crippen molar-refractivity contribution in [1.29, 1.82) is 0 Å². The van der Waals surface area contributed by atoms with Crippen molar-refractivity contribution in [3.8, 4) is 0 Å². The maximum atomic E-state index is 13.0. The highest BCUT2D eigenvalue weighted by Gasteiger charge is 2.57. The Balaban J connectivity index is 2.74. The molecule has 25 heavy (non-hydrogen) atoms. The number of carbonyl (C=O) groups is 2. The molecule has 0 radical (unpaired) electrons. The largest absolute Gasteiger partial charge is 0.465 e. The molecule has 0 spiro atoms. The van der Waals surface area contributed by atoms with Gasteiger partial charge in [-0.15, -0.1) is 0 Å². The minimum Gasteiger partial charge on any atom is -0.465 e. The average molecular weight is 344 g/mol. The first-order chi connectivity index (χ1) is 11.7. The normalized spacial score (nSPS) is 29.3. The maximum absolute atomic E-state index is 13.0. The Morgan fingerprint density at radius 1 is 1.16 bits per heavy atom. The van der Waals surface area contributed by atoms with Gasteiger partial charge < -0.3 is 4.74 Å². The van der Waals surface area contributed by atoms with Crippen molar-refractivity contribution in [2.24, 2.45) is 17.3 Å². The molecule has 4 atom stereocenters. The number of ketones is 1. The zero-order valence-corrected chi connectivity index (χ0v) is 16.7. The number of rotatable bonds is 4. The van der Waals surface area contributed by atoms with Gasteiger partial charge >= 0.3 is 5.97 Å². The van der Waals surface area contributed by atoms with Crippen LogP contribution >= 0.6 is 0 Å². The molecular formula is C22H32O3. The molecule has 0 bridgehead atoms. The van der Waals surface area contributed by atoms with E-state index in [2.05, 4.69) is 46.8 Å². The summed E-state index contributed by atoms with van der Waals surface area (Å²) in [5.74, 6) is 0.169. The molecule has 3 nitrogen and oxygen atoms in total. The number of aryl methyl sites for hydroxylation is 3. The van der Waals surface area contributed by atoms with Crippen LogP contribution in [0.4, 0.5) is 0 Å². The molecule has 1 aromatic rings. The molecule has 1 aromatic carbocycles. The fourth-order valence-corrected chi connectivity index (χ4v) is 4.87. The van der Waals surface area contributed by atoms with Crippen LogP contribution in [0.2, 0.25) is 0 Å². The Kier molecular flexibility index (Phi) is 5.75.